The molecule has 2 aromatic rings. The second-order valence-electron chi connectivity index (χ2n) is 10.3. The van der Waals surface area contributed by atoms with Crippen LogP contribution in [0.3, 0.4) is 0 Å². The van der Waals surface area contributed by atoms with Crippen LogP contribution < -0.4 is 0 Å². The molecule has 0 N–H and O–H groups in total. The molecule has 35 heavy (non-hydrogen) atoms. The Kier molecular flexibility index (Phi) is 5.33. The van der Waals surface area contributed by atoms with Crippen molar-refractivity contribution in [1.82, 2.24) is 14.7 Å². The monoisotopic (exact) mass is 488 g/mol. The standard InChI is InChI=1S/C26H28N6O2S/c27-14-24-16-30(12-20-6-4-10-33-20)17-25(15-28,26(24)8-2-1-3-9-26)23(35)32-19-31(18-29-22(24)32)13-21-7-5-11-34-21/h4-7,10-11H,1-3,8-9,12-13,16-19H2. The fraction of sp³-hybridized carbons (Fsp3) is 0.538. The van der Waals surface area contributed by atoms with E-state index >= 15 is 0 Å². The van der Waals surface area contributed by atoms with Gasteiger partial charge in [0.25, 0.3) is 0 Å². The van der Waals surface area contributed by atoms with Gasteiger partial charge in [-0.3, -0.25) is 14.8 Å². The number of aliphatic imine (C=N–C) groups is 1. The molecule has 0 amide bonds. The van der Waals surface area contributed by atoms with E-state index in [2.05, 4.69) is 21.9 Å². The Morgan fingerprint density at radius 1 is 0.914 bits per heavy atom. The van der Waals surface area contributed by atoms with Gasteiger partial charge in [0.15, 0.2) is 0 Å². The maximum atomic E-state index is 11.0. The fourth-order valence-corrected chi connectivity index (χ4v) is 7.57. The molecule has 0 aromatic carbocycles. The van der Waals surface area contributed by atoms with Crippen molar-refractivity contribution >= 4 is 23.0 Å². The highest BCUT2D eigenvalue weighted by molar-refractivity contribution is 7.80. The molecule has 2 aromatic heterocycles. The van der Waals surface area contributed by atoms with E-state index in [1.165, 1.54) is 0 Å². The maximum absolute atomic E-state index is 11.0. The van der Waals surface area contributed by atoms with Crippen molar-refractivity contribution in [2.45, 2.75) is 45.2 Å². The second kappa shape index (κ2) is 8.30. The summed E-state index contributed by atoms with van der Waals surface area (Å²) in [7, 11) is 0. The number of likely N-dealkylation sites (tertiary alicyclic amines) is 1. The van der Waals surface area contributed by atoms with Crippen LogP contribution in [0.5, 0.6) is 0 Å². The van der Waals surface area contributed by atoms with Gasteiger partial charge in [0.2, 0.25) is 0 Å². The second-order valence-corrected chi connectivity index (χ2v) is 10.7. The molecule has 2 bridgehead atoms. The van der Waals surface area contributed by atoms with Crippen molar-refractivity contribution < 1.29 is 8.83 Å². The van der Waals surface area contributed by atoms with E-state index < -0.39 is 16.2 Å². The number of thiocarbonyl (C=S) groups is 1. The summed E-state index contributed by atoms with van der Waals surface area (Å²) in [5.41, 5.74) is -2.39. The molecular formula is C26H28N6O2S. The third-order valence-corrected chi connectivity index (χ3v) is 9.14. The molecule has 3 fully saturated rings. The topological polar surface area (TPSA) is 95.9 Å². The van der Waals surface area contributed by atoms with Gasteiger partial charge < -0.3 is 13.7 Å². The highest BCUT2D eigenvalue weighted by Crippen LogP contribution is 2.67. The zero-order valence-electron chi connectivity index (χ0n) is 19.7. The van der Waals surface area contributed by atoms with Crippen molar-refractivity contribution in [3.05, 3.63) is 48.3 Å². The number of rotatable bonds is 4. The first-order valence-corrected chi connectivity index (χ1v) is 12.7. The maximum Gasteiger partial charge on any atom is 0.135 e. The van der Waals surface area contributed by atoms with E-state index in [-0.39, 0.29) is 0 Å². The third-order valence-electron chi connectivity index (χ3n) is 8.57. The van der Waals surface area contributed by atoms with Gasteiger partial charge >= 0.3 is 0 Å². The van der Waals surface area contributed by atoms with Crippen LogP contribution in [-0.2, 0) is 13.1 Å². The minimum Gasteiger partial charge on any atom is -0.468 e. The Balaban J connectivity index is 1.46. The average Bonchev–Trinajstić information content (AvgIpc) is 3.59. The van der Waals surface area contributed by atoms with Crippen molar-refractivity contribution in [3.63, 3.8) is 0 Å². The first-order valence-electron chi connectivity index (χ1n) is 12.3. The molecule has 4 aliphatic rings. The van der Waals surface area contributed by atoms with Gasteiger partial charge in [-0.1, -0.05) is 31.5 Å². The lowest BCUT2D eigenvalue weighted by Crippen LogP contribution is -2.79. The number of hydrogen-bond donors (Lipinski definition) is 0. The number of fused-ring (bicyclic) bond motifs is 2. The number of amidine groups is 1. The van der Waals surface area contributed by atoms with Crippen LogP contribution in [-0.4, -0.2) is 52.0 Å². The van der Waals surface area contributed by atoms with Gasteiger partial charge in [0, 0.05) is 18.5 Å². The lowest BCUT2D eigenvalue weighted by atomic mass is 9.42. The summed E-state index contributed by atoms with van der Waals surface area (Å²) in [5.74, 6) is 2.42. The van der Waals surface area contributed by atoms with Gasteiger partial charge in [0.05, 0.1) is 51.1 Å². The minimum atomic E-state index is -0.948. The van der Waals surface area contributed by atoms with E-state index in [0.29, 0.717) is 44.5 Å². The molecule has 6 rings (SSSR count). The van der Waals surface area contributed by atoms with Crippen molar-refractivity contribution in [2.24, 2.45) is 21.2 Å². The van der Waals surface area contributed by atoms with Crippen LogP contribution in [0.4, 0.5) is 0 Å². The smallest absolute Gasteiger partial charge is 0.135 e. The molecule has 3 aliphatic heterocycles. The number of hydrogen-bond acceptors (Lipinski definition) is 8. The summed E-state index contributed by atoms with van der Waals surface area (Å²) in [6.07, 6.45) is 8.11. The van der Waals surface area contributed by atoms with Crippen LogP contribution in [0.1, 0.15) is 43.6 Å². The summed E-state index contributed by atoms with van der Waals surface area (Å²) in [5, 5.41) is 21.9. The van der Waals surface area contributed by atoms with E-state index in [0.717, 1.165) is 49.5 Å². The number of nitriles is 2. The molecule has 2 unspecified atom stereocenters. The lowest BCUT2D eigenvalue weighted by molar-refractivity contribution is -0.0881. The van der Waals surface area contributed by atoms with Gasteiger partial charge in [-0.2, -0.15) is 10.5 Å². The van der Waals surface area contributed by atoms with Crippen molar-refractivity contribution in [3.8, 4) is 12.1 Å². The lowest BCUT2D eigenvalue weighted by Gasteiger charge is -2.67. The predicted octanol–water partition coefficient (Wildman–Crippen LogP) is 4.13. The van der Waals surface area contributed by atoms with E-state index in [1.54, 1.807) is 12.5 Å². The Hall–Kier alpha value is -2.98. The first-order chi connectivity index (χ1) is 17.1. The summed E-state index contributed by atoms with van der Waals surface area (Å²) in [6.45, 7) is 3.11. The molecular weight excluding hydrogens is 460 g/mol. The Morgan fingerprint density at radius 2 is 1.54 bits per heavy atom. The zero-order valence-corrected chi connectivity index (χ0v) is 20.5. The largest absolute Gasteiger partial charge is 0.468 e. The SMILES string of the molecule is N#CC12CN(Cc3ccco3)CC(C#N)(C3=NCN(Cc4ccco4)CN3C1=S)C21CCCCC1. The molecule has 8 nitrogen and oxygen atoms in total. The molecule has 0 radical (unpaired) electrons. The molecule has 2 atom stereocenters. The normalized spacial score (nSPS) is 30.4. The molecule has 180 valence electrons. The Morgan fingerprint density at radius 3 is 2.14 bits per heavy atom. The Labute approximate surface area is 210 Å². The molecule has 1 aliphatic carbocycles. The molecule has 5 heterocycles. The summed E-state index contributed by atoms with van der Waals surface area (Å²) < 4.78 is 11.2. The zero-order chi connectivity index (χ0) is 24.1. The predicted molar refractivity (Wildman–Crippen MR) is 131 cm³/mol. The minimum absolute atomic E-state index is 0.465. The Bertz CT molecular complexity index is 1220. The average molecular weight is 489 g/mol. The molecule has 1 spiro atoms. The van der Waals surface area contributed by atoms with Crippen LogP contribution >= 0.6 is 12.2 Å². The van der Waals surface area contributed by atoms with Gasteiger partial charge in [-0.25, -0.2) is 0 Å². The molecule has 2 saturated heterocycles. The highest BCUT2D eigenvalue weighted by atomic mass is 32.1. The van der Waals surface area contributed by atoms with E-state index in [1.807, 2.05) is 29.2 Å². The van der Waals surface area contributed by atoms with E-state index in [4.69, 9.17) is 26.0 Å². The first kappa shape index (κ1) is 22.5. The molecule has 9 heteroatoms. The number of piperidine rings is 2. The van der Waals surface area contributed by atoms with Gasteiger partial charge in [-0.15, -0.1) is 0 Å². The van der Waals surface area contributed by atoms with Crippen LogP contribution in [0.15, 0.2) is 50.6 Å². The number of nitrogens with zero attached hydrogens (tertiary/aromatic N) is 6. The quantitative estimate of drug-likeness (QED) is 0.593. The fourth-order valence-electron chi connectivity index (χ4n) is 7.12. The van der Waals surface area contributed by atoms with Crippen LogP contribution in [0.2, 0.25) is 0 Å². The van der Waals surface area contributed by atoms with Crippen LogP contribution in [0, 0.1) is 38.9 Å². The highest BCUT2D eigenvalue weighted by Gasteiger charge is 2.75. The van der Waals surface area contributed by atoms with Crippen LogP contribution in [0.25, 0.3) is 0 Å². The van der Waals surface area contributed by atoms with Crippen molar-refractivity contribution in [2.75, 3.05) is 26.4 Å². The van der Waals surface area contributed by atoms with Gasteiger partial charge in [-0.05, 0) is 37.1 Å². The number of furan rings is 2. The van der Waals surface area contributed by atoms with E-state index in [9.17, 15) is 10.5 Å². The summed E-state index contributed by atoms with van der Waals surface area (Å²) in [4.78, 5) is 12.0. The molecule has 1 saturated carbocycles. The summed E-state index contributed by atoms with van der Waals surface area (Å²) in [6, 6.07) is 13.1. The van der Waals surface area contributed by atoms with Gasteiger partial charge in [0.1, 0.15) is 33.2 Å². The third kappa shape index (κ3) is 3.09. The van der Waals surface area contributed by atoms with Crippen molar-refractivity contribution in [1.29, 1.82) is 10.5 Å². The summed E-state index contributed by atoms with van der Waals surface area (Å²) >= 11 is 6.19.